The average Bonchev–Trinajstić information content (AvgIpc) is 3.59. The van der Waals surface area contributed by atoms with E-state index in [4.69, 9.17) is 5.73 Å². The van der Waals surface area contributed by atoms with Gasteiger partial charge in [0.15, 0.2) is 0 Å². The van der Waals surface area contributed by atoms with Crippen LogP contribution in [-0.2, 0) is 10.2 Å². The van der Waals surface area contributed by atoms with Gasteiger partial charge < -0.3 is 16.2 Å². The summed E-state index contributed by atoms with van der Waals surface area (Å²) in [5.41, 5.74) is 6.67. The number of aliphatic hydroxyl groups excluding tert-OH is 1. The number of aryl methyl sites for hydroxylation is 2. The van der Waals surface area contributed by atoms with Gasteiger partial charge in [0.05, 0.1) is 29.2 Å². The monoisotopic (exact) mass is 572 g/mol. The molecule has 8 heteroatoms. The Hall–Kier alpha value is -3.80. The number of benzene rings is 3. The van der Waals surface area contributed by atoms with Gasteiger partial charge in [-0.25, -0.2) is 8.78 Å². The minimum Gasteiger partial charge on any atom is -0.398 e. The standard InChI is InChI=1S/C34H38F2N4O2/c1-18-8-7-9-23(29(18)36)28-30(31(42)39-22-12-10-21(17-37)11-13-22)40-33(16-27(33)32(4,5)6)34(28,20(3)41)24-15-25(35)19(2)14-26(24)38/h7-15,20,27-28,30,40-41H,16,38H2,1-6H3,(H,39,42)/t20?,27?,28-,30+,33?,34+/m0/s1. The molecule has 2 aliphatic rings. The smallest absolute Gasteiger partial charge is 0.242 e. The molecule has 1 aliphatic carbocycles. The first-order chi connectivity index (χ1) is 19.7. The molecule has 1 heterocycles. The van der Waals surface area contributed by atoms with Gasteiger partial charge in [-0.2, -0.15) is 5.26 Å². The Kier molecular flexibility index (Phi) is 7.19. The van der Waals surface area contributed by atoms with Gasteiger partial charge in [0.25, 0.3) is 0 Å². The quantitative estimate of drug-likeness (QED) is 0.287. The van der Waals surface area contributed by atoms with Gasteiger partial charge in [0.1, 0.15) is 11.6 Å². The molecule has 0 radical (unpaired) electrons. The zero-order valence-electron chi connectivity index (χ0n) is 24.8. The van der Waals surface area contributed by atoms with E-state index < -0.39 is 46.6 Å². The number of halogens is 2. The van der Waals surface area contributed by atoms with Crippen molar-refractivity contribution in [1.29, 1.82) is 5.26 Å². The Balaban J connectivity index is 1.80. The fraction of sp³-hybridized carbons (Fsp3) is 0.412. The maximum Gasteiger partial charge on any atom is 0.242 e. The molecule has 3 aromatic rings. The van der Waals surface area contributed by atoms with Crippen LogP contribution in [-0.4, -0.2) is 28.7 Å². The lowest BCUT2D eigenvalue weighted by atomic mass is 9.58. The first-order valence-corrected chi connectivity index (χ1v) is 14.3. The van der Waals surface area contributed by atoms with Crippen molar-refractivity contribution in [3.63, 3.8) is 0 Å². The van der Waals surface area contributed by atoms with Crippen molar-refractivity contribution in [3.8, 4) is 6.07 Å². The van der Waals surface area contributed by atoms with Crippen molar-refractivity contribution in [2.24, 2.45) is 11.3 Å². The lowest BCUT2D eigenvalue weighted by molar-refractivity contribution is -0.118. The van der Waals surface area contributed by atoms with Gasteiger partial charge in [-0.3, -0.25) is 10.1 Å². The number of amides is 1. The van der Waals surface area contributed by atoms with Crippen LogP contribution in [0.1, 0.15) is 67.9 Å². The lowest BCUT2D eigenvalue weighted by Gasteiger charge is -2.46. The molecule has 6 nitrogen and oxygen atoms in total. The maximum atomic E-state index is 16.2. The van der Waals surface area contributed by atoms with E-state index in [1.54, 1.807) is 69.3 Å². The van der Waals surface area contributed by atoms with E-state index in [2.05, 4.69) is 37.5 Å². The molecule has 1 saturated heterocycles. The fourth-order valence-electron chi connectivity index (χ4n) is 7.67. The van der Waals surface area contributed by atoms with E-state index in [0.717, 1.165) is 0 Å². The summed E-state index contributed by atoms with van der Waals surface area (Å²) in [5, 5.41) is 27.6. The molecule has 42 heavy (non-hydrogen) atoms. The van der Waals surface area contributed by atoms with Crippen molar-refractivity contribution >= 4 is 17.3 Å². The third-order valence-corrected chi connectivity index (χ3v) is 9.54. The summed E-state index contributed by atoms with van der Waals surface area (Å²) in [6, 6.07) is 15.4. The maximum absolute atomic E-state index is 16.2. The van der Waals surface area contributed by atoms with Crippen LogP contribution in [0.5, 0.6) is 0 Å². The van der Waals surface area contributed by atoms with Crippen molar-refractivity contribution in [2.45, 2.75) is 77.0 Å². The van der Waals surface area contributed by atoms with Gasteiger partial charge in [-0.05, 0) is 97.2 Å². The summed E-state index contributed by atoms with van der Waals surface area (Å²) < 4.78 is 31.6. The van der Waals surface area contributed by atoms with E-state index in [1.165, 1.54) is 6.07 Å². The third-order valence-electron chi connectivity index (χ3n) is 9.54. The molecule has 5 rings (SSSR count). The van der Waals surface area contributed by atoms with Crippen molar-refractivity contribution < 1.29 is 18.7 Å². The molecule has 0 bridgehead atoms. The number of nitrogens with one attached hydrogen (secondary N) is 2. The van der Waals surface area contributed by atoms with Crippen LogP contribution in [0, 0.1) is 48.1 Å². The van der Waals surface area contributed by atoms with Crippen LogP contribution in [0.4, 0.5) is 20.2 Å². The van der Waals surface area contributed by atoms with Gasteiger partial charge in [-0.1, -0.05) is 39.0 Å². The van der Waals surface area contributed by atoms with Crippen molar-refractivity contribution in [3.05, 3.63) is 94.0 Å². The van der Waals surface area contributed by atoms with Crippen LogP contribution in [0.2, 0.25) is 0 Å². The zero-order chi connectivity index (χ0) is 30.8. The third kappa shape index (κ3) is 4.38. The molecule has 2 fully saturated rings. The van der Waals surface area contributed by atoms with E-state index >= 15 is 8.78 Å². The van der Waals surface area contributed by atoms with Crippen LogP contribution < -0.4 is 16.4 Å². The fourth-order valence-corrected chi connectivity index (χ4v) is 7.67. The molecule has 1 spiro atoms. The highest BCUT2D eigenvalue weighted by Crippen LogP contribution is 2.72. The number of anilines is 2. The molecule has 5 N–H and O–H groups in total. The predicted molar refractivity (Wildman–Crippen MR) is 160 cm³/mol. The first kappa shape index (κ1) is 29.7. The van der Waals surface area contributed by atoms with Crippen molar-refractivity contribution in [2.75, 3.05) is 11.1 Å². The summed E-state index contributed by atoms with van der Waals surface area (Å²) in [4.78, 5) is 14.2. The van der Waals surface area contributed by atoms with E-state index in [0.29, 0.717) is 34.4 Å². The molecular formula is C34H38F2N4O2. The van der Waals surface area contributed by atoms with Gasteiger partial charge in [-0.15, -0.1) is 0 Å². The number of hydrogen-bond donors (Lipinski definition) is 4. The van der Waals surface area contributed by atoms with Crippen LogP contribution in [0.15, 0.2) is 54.6 Å². The summed E-state index contributed by atoms with van der Waals surface area (Å²) in [6.45, 7) is 11.2. The summed E-state index contributed by atoms with van der Waals surface area (Å²) in [7, 11) is 0. The number of nitrogens with zero attached hydrogens (tertiary/aromatic N) is 1. The Morgan fingerprint density at radius 3 is 2.38 bits per heavy atom. The number of aliphatic hydroxyl groups is 1. The molecule has 1 saturated carbocycles. The highest BCUT2D eigenvalue weighted by molar-refractivity contribution is 5.97. The molecule has 6 atom stereocenters. The number of nitriles is 1. The molecule has 1 amide bonds. The minimum absolute atomic E-state index is 0.0496. The average molecular weight is 573 g/mol. The van der Waals surface area contributed by atoms with Gasteiger partial charge in [0, 0.05) is 22.8 Å². The summed E-state index contributed by atoms with van der Waals surface area (Å²) in [5.74, 6) is -2.41. The number of carbonyl (C=O) groups excluding carboxylic acids is 1. The Morgan fingerprint density at radius 1 is 1.14 bits per heavy atom. The molecular weight excluding hydrogens is 534 g/mol. The number of carbonyl (C=O) groups is 1. The Bertz CT molecular complexity index is 1590. The highest BCUT2D eigenvalue weighted by atomic mass is 19.1. The number of hydrogen-bond acceptors (Lipinski definition) is 5. The summed E-state index contributed by atoms with van der Waals surface area (Å²) >= 11 is 0. The van der Waals surface area contributed by atoms with Crippen LogP contribution in [0.3, 0.4) is 0 Å². The predicted octanol–water partition coefficient (Wildman–Crippen LogP) is 5.85. The number of rotatable bonds is 5. The lowest BCUT2D eigenvalue weighted by Crippen LogP contribution is -2.55. The van der Waals surface area contributed by atoms with Crippen molar-refractivity contribution in [1.82, 2.24) is 5.32 Å². The van der Waals surface area contributed by atoms with E-state index in [9.17, 15) is 15.2 Å². The summed E-state index contributed by atoms with van der Waals surface area (Å²) in [6.07, 6.45) is -0.583. The van der Waals surface area contributed by atoms with Crippen LogP contribution in [0.25, 0.3) is 0 Å². The van der Waals surface area contributed by atoms with E-state index in [-0.39, 0.29) is 22.6 Å². The topological polar surface area (TPSA) is 111 Å². The van der Waals surface area contributed by atoms with Crippen LogP contribution >= 0.6 is 0 Å². The second-order valence-corrected chi connectivity index (χ2v) is 13.1. The Morgan fingerprint density at radius 2 is 1.81 bits per heavy atom. The molecule has 3 unspecified atom stereocenters. The largest absolute Gasteiger partial charge is 0.398 e. The van der Waals surface area contributed by atoms with Gasteiger partial charge in [0.2, 0.25) is 5.91 Å². The number of nitrogen functional groups attached to an aromatic ring is 1. The highest BCUT2D eigenvalue weighted by Gasteiger charge is 2.79. The second kappa shape index (κ2) is 10.2. The normalized spacial score (nSPS) is 27.5. The molecule has 0 aromatic heterocycles. The molecule has 1 aliphatic heterocycles. The zero-order valence-corrected chi connectivity index (χ0v) is 24.8. The second-order valence-electron chi connectivity index (χ2n) is 13.1. The SMILES string of the molecule is Cc1cc(N)c([C@]2(C(C)O)[C@@H](c3cccc(C)c3F)[C@H](C(=O)Nc3ccc(C#N)cc3)NC23CC3C(C)(C)C)cc1F. The Labute approximate surface area is 245 Å². The number of nitrogens with two attached hydrogens (primary N) is 1. The minimum atomic E-state index is -1.37. The molecule has 3 aromatic carbocycles. The van der Waals surface area contributed by atoms with Gasteiger partial charge >= 0.3 is 0 Å². The molecule has 220 valence electrons. The van der Waals surface area contributed by atoms with E-state index in [1.807, 2.05) is 0 Å². The first-order valence-electron chi connectivity index (χ1n) is 14.3.